The van der Waals surface area contributed by atoms with Crippen LogP contribution in [0.15, 0.2) is 0 Å². The second kappa shape index (κ2) is 8.24. The minimum atomic E-state index is -4.41. The molecular weight excluding hydrogens is 355 g/mol. The maximum atomic E-state index is 12.5. The molecule has 2 aliphatic rings. The Labute approximate surface area is 149 Å². The Morgan fingerprint density at radius 1 is 1.31 bits per heavy atom. The van der Waals surface area contributed by atoms with Gasteiger partial charge in [-0.25, -0.2) is 4.79 Å². The number of ether oxygens (including phenoxy) is 1. The number of hydrogen-bond donors (Lipinski definition) is 2. The van der Waals surface area contributed by atoms with Crippen molar-refractivity contribution in [3.8, 4) is 0 Å². The van der Waals surface area contributed by atoms with Crippen molar-refractivity contribution in [2.24, 2.45) is 0 Å². The molecule has 4 amide bonds. The van der Waals surface area contributed by atoms with Crippen LogP contribution in [0.5, 0.6) is 0 Å². The summed E-state index contributed by atoms with van der Waals surface area (Å²) in [7, 11) is 0. The monoisotopic (exact) mass is 379 g/mol. The maximum absolute atomic E-state index is 12.5. The first-order valence-electron chi connectivity index (χ1n) is 8.71. The molecule has 1 saturated carbocycles. The van der Waals surface area contributed by atoms with E-state index in [2.05, 4.69) is 15.4 Å². The molecule has 0 bridgehead atoms. The molecule has 0 aromatic heterocycles. The summed E-state index contributed by atoms with van der Waals surface area (Å²) >= 11 is 0. The van der Waals surface area contributed by atoms with Crippen molar-refractivity contribution in [2.45, 2.75) is 63.2 Å². The minimum Gasteiger partial charge on any atom is -0.370 e. The van der Waals surface area contributed by atoms with Crippen LogP contribution < -0.4 is 10.6 Å². The van der Waals surface area contributed by atoms with E-state index in [0.717, 1.165) is 24.2 Å². The summed E-state index contributed by atoms with van der Waals surface area (Å²) in [5, 5.41) is 5.24. The first kappa shape index (κ1) is 20.5. The Balaban J connectivity index is 1.75. The van der Waals surface area contributed by atoms with E-state index in [1.54, 1.807) is 0 Å². The van der Waals surface area contributed by atoms with Gasteiger partial charge in [0.1, 0.15) is 12.1 Å². The van der Waals surface area contributed by atoms with Crippen molar-refractivity contribution < 1.29 is 32.3 Å². The number of hydrogen-bond acceptors (Lipinski definition) is 4. The predicted octanol–water partition coefficient (Wildman–Crippen LogP) is 1.71. The lowest BCUT2D eigenvalue weighted by Crippen LogP contribution is -2.48. The zero-order valence-corrected chi connectivity index (χ0v) is 14.7. The van der Waals surface area contributed by atoms with Crippen LogP contribution in [0.1, 0.15) is 45.4 Å². The molecule has 0 aromatic rings. The number of amides is 4. The van der Waals surface area contributed by atoms with Crippen molar-refractivity contribution in [3.05, 3.63) is 0 Å². The van der Waals surface area contributed by atoms with Gasteiger partial charge in [-0.15, -0.1) is 0 Å². The Morgan fingerprint density at radius 2 is 1.96 bits per heavy atom. The third kappa shape index (κ3) is 5.33. The number of urea groups is 1. The van der Waals surface area contributed by atoms with E-state index in [4.69, 9.17) is 0 Å². The standard InChI is InChI=1S/C16H24F3N3O4/c1-11(9-26-10-16(17,18)19)20-12(23)5-8-22-13(24)15(21-14(22)25)6-3-2-4-7-15/h11H,2-10H2,1H3,(H,20,23)(H,21,25)/t11-/m0/s1. The number of nitrogens with one attached hydrogen (secondary N) is 2. The first-order valence-corrected chi connectivity index (χ1v) is 8.71. The fraction of sp³-hybridized carbons (Fsp3) is 0.812. The molecule has 1 heterocycles. The highest BCUT2D eigenvalue weighted by atomic mass is 19.4. The fourth-order valence-electron chi connectivity index (χ4n) is 3.33. The van der Waals surface area contributed by atoms with Gasteiger partial charge >= 0.3 is 12.2 Å². The number of alkyl halides is 3. The zero-order chi connectivity index (χ0) is 19.4. The van der Waals surface area contributed by atoms with Crippen molar-refractivity contribution >= 4 is 17.8 Å². The van der Waals surface area contributed by atoms with Crippen LogP contribution >= 0.6 is 0 Å². The average molecular weight is 379 g/mol. The highest BCUT2D eigenvalue weighted by Gasteiger charge is 2.51. The van der Waals surface area contributed by atoms with Crippen LogP contribution in [-0.4, -0.2) is 60.3 Å². The lowest BCUT2D eigenvalue weighted by molar-refractivity contribution is -0.175. The van der Waals surface area contributed by atoms with Crippen LogP contribution in [0.25, 0.3) is 0 Å². The van der Waals surface area contributed by atoms with Gasteiger partial charge in [0.15, 0.2) is 0 Å². The van der Waals surface area contributed by atoms with E-state index in [9.17, 15) is 27.6 Å². The number of halogens is 3. The average Bonchev–Trinajstić information content (AvgIpc) is 2.75. The Bertz CT molecular complexity index is 547. The van der Waals surface area contributed by atoms with Crippen molar-refractivity contribution in [2.75, 3.05) is 19.8 Å². The highest BCUT2D eigenvalue weighted by molar-refractivity contribution is 6.07. The van der Waals surface area contributed by atoms with Gasteiger partial charge in [-0.1, -0.05) is 19.3 Å². The van der Waals surface area contributed by atoms with Crippen LogP contribution in [-0.2, 0) is 14.3 Å². The Morgan fingerprint density at radius 3 is 2.58 bits per heavy atom. The molecule has 0 aromatic carbocycles. The van der Waals surface area contributed by atoms with Gasteiger partial charge in [-0.3, -0.25) is 14.5 Å². The van der Waals surface area contributed by atoms with E-state index >= 15 is 0 Å². The summed E-state index contributed by atoms with van der Waals surface area (Å²) in [6.45, 7) is -0.206. The van der Waals surface area contributed by atoms with Crippen molar-refractivity contribution in [3.63, 3.8) is 0 Å². The summed E-state index contributed by atoms with van der Waals surface area (Å²) in [5.74, 6) is -0.755. The van der Waals surface area contributed by atoms with Gasteiger partial charge < -0.3 is 15.4 Å². The van der Waals surface area contributed by atoms with E-state index in [0.29, 0.717) is 12.8 Å². The highest BCUT2D eigenvalue weighted by Crippen LogP contribution is 2.33. The van der Waals surface area contributed by atoms with Gasteiger partial charge in [0, 0.05) is 19.0 Å². The zero-order valence-electron chi connectivity index (χ0n) is 14.7. The molecule has 26 heavy (non-hydrogen) atoms. The van der Waals surface area contributed by atoms with Gasteiger partial charge in [0.25, 0.3) is 5.91 Å². The molecule has 2 fully saturated rings. The molecule has 0 unspecified atom stereocenters. The molecule has 1 spiro atoms. The fourth-order valence-corrected chi connectivity index (χ4v) is 3.33. The number of carbonyl (C=O) groups is 3. The second-order valence-electron chi connectivity index (χ2n) is 6.88. The van der Waals surface area contributed by atoms with E-state index in [1.165, 1.54) is 6.92 Å². The van der Waals surface area contributed by atoms with Gasteiger partial charge in [0.2, 0.25) is 5.91 Å². The number of imide groups is 1. The summed E-state index contributed by atoms with van der Waals surface area (Å²) in [5.41, 5.74) is -0.829. The van der Waals surface area contributed by atoms with E-state index in [-0.39, 0.29) is 25.5 Å². The number of rotatable bonds is 7. The van der Waals surface area contributed by atoms with Crippen molar-refractivity contribution in [1.82, 2.24) is 15.5 Å². The molecule has 10 heteroatoms. The quantitative estimate of drug-likeness (QED) is 0.660. The normalized spacial score (nSPS) is 21.0. The van der Waals surface area contributed by atoms with E-state index < -0.39 is 36.3 Å². The second-order valence-corrected chi connectivity index (χ2v) is 6.88. The van der Waals surface area contributed by atoms with Crippen molar-refractivity contribution in [1.29, 1.82) is 0 Å². The van der Waals surface area contributed by atoms with Crippen LogP contribution in [0, 0.1) is 0 Å². The maximum Gasteiger partial charge on any atom is 0.411 e. The summed E-state index contributed by atoms with van der Waals surface area (Å²) in [6, 6.07) is -1.11. The number of carbonyl (C=O) groups excluding carboxylic acids is 3. The van der Waals surface area contributed by atoms with Gasteiger partial charge in [-0.05, 0) is 19.8 Å². The number of nitrogens with zero attached hydrogens (tertiary/aromatic N) is 1. The lowest BCUT2D eigenvalue weighted by Gasteiger charge is -2.30. The molecule has 7 nitrogen and oxygen atoms in total. The molecular formula is C16H24F3N3O4. The largest absolute Gasteiger partial charge is 0.411 e. The Hall–Kier alpha value is -1.84. The molecule has 0 radical (unpaired) electrons. The third-order valence-electron chi connectivity index (χ3n) is 4.56. The molecule has 1 aliphatic carbocycles. The van der Waals surface area contributed by atoms with Gasteiger partial charge in [-0.2, -0.15) is 13.2 Å². The predicted molar refractivity (Wildman–Crippen MR) is 85.2 cm³/mol. The summed E-state index contributed by atoms with van der Waals surface area (Å²) in [4.78, 5) is 37.6. The van der Waals surface area contributed by atoms with Crippen LogP contribution in [0.2, 0.25) is 0 Å². The summed E-state index contributed by atoms with van der Waals surface area (Å²) in [6.07, 6.45) is -0.546. The smallest absolute Gasteiger partial charge is 0.370 e. The molecule has 2 N–H and O–H groups in total. The molecule has 1 aliphatic heterocycles. The first-order chi connectivity index (χ1) is 12.1. The van der Waals surface area contributed by atoms with Gasteiger partial charge in [0.05, 0.1) is 6.61 Å². The third-order valence-corrected chi connectivity index (χ3v) is 4.56. The van der Waals surface area contributed by atoms with Crippen LogP contribution in [0.4, 0.5) is 18.0 Å². The molecule has 2 rings (SSSR count). The van der Waals surface area contributed by atoms with Crippen LogP contribution in [0.3, 0.4) is 0 Å². The SMILES string of the molecule is C[C@@H](COCC(F)(F)F)NC(=O)CCN1C(=O)NC2(CCCCC2)C1=O. The lowest BCUT2D eigenvalue weighted by atomic mass is 9.82. The van der Waals surface area contributed by atoms with E-state index in [1.807, 2.05) is 0 Å². The molecule has 1 atom stereocenters. The Kier molecular flexibility index (Phi) is 6.48. The minimum absolute atomic E-state index is 0.0611. The summed E-state index contributed by atoms with van der Waals surface area (Å²) < 4.78 is 40.5. The molecule has 148 valence electrons. The topological polar surface area (TPSA) is 87.7 Å². The molecule has 1 saturated heterocycles.